The Balaban J connectivity index is 1.38. The molecule has 1 fully saturated rings. The Morgan fingerprint density at radius 3 is 2.09 bits per heavy atom. The molecule has 1 aliphatic rings. The summed E-state index contributed by atoms with van der Waals surface area (Å²) in [6, 6.07) is 24.3. The molecule has 0 radical (unpaired) electrons. The van der Waals surface area contributed by atoms with E-state index in [9.17, 15) is 13.2 Å². The van der Waals surface area contributed by atoms with E-state index >= 15 is 0 Å². The van der Waals surface area contributed by atoms with Crippen LogP contribution in [-0.4, -0.2) is 38.0 Å². The molecule has 7 heteroatoms. The van der Waals surface area contributed by atoms with Gasteiger partial charge in [-0.3, -0.25) is 10.2 Å². The first-order chi connectivity index (χ1) is 15.5. The molecular formula is C25H25N3O3S. The lowest BCUT2D eigenvalue weighted by molar-refractivity contribution is 0.0763. The first-order valence-corrected chi connectivity index (χ1v) is 12.1. The number of anilines is 1. The van der Waals surface area contributed by atoms with Crippen molar-refractivity contribution in [1.82, 2.24) is 4.90 Å². The lowest BCUT2D eigenvalue weighted by atomic mass is 10.2. The number of carbonyl (C=O) groups excluding carboxylic acids is 1. The Hall–Kier alpha value is -3.45. The van der Waals surface area contributed by atoms with Crippen molar-refractivity contribution >= 4 is 27.1 Å². The molecule has 1 amide bonds. The van der Waals surface area contributed by atoms with Gasteiger partial charge in [0.05, 0.1) is 15.5 Å². The van der Waals surface area contributed by atoms with Gasteiger partial charge >= 0.3 is 0 Å². The van der Waals surface area contributed by atoms with Crippen LogP contribution in [0.1, 0.15) is 29.6 Å². The number of amides is 1. The first-order valence-electron chi connectivity index (χ1n) is 10.6. The van der Waals surface area contributed by atoms with E-state index in [1.807, 2.05) is 35.2 Å². The van der Waals surface area contributed by atoms with Crippen LogP contribution in [0, 0.1) is 0 Å². The molecule has 0 aromatic heterocycles. The van der Waals surface area contributed by atoms with Crippen LogP contribution in [0.15, 0.2) is 99.8 Å². The van der Waals surface area contributed by atoms with Crippen molar-refractivity contribution in [3.63, 3.8) is 0 Å². The maximum absolute atomic E-state index is 12.7. The Morgan fingerprint density at radius 2 is 1.41 bits per heavy atom. The van der Waals surface area contributed by atoms with E-state index in [1.165, 1.54) is 0 Å². The monoisotopic (exact) mass is 447 g/mol. The van der Waals surface area contributed by atoms with E-state index in [2.05, 4.69) is 10.5 Å². The number of likely N-dealkylation sites (tertiary alicyclic amines) is 1. The Bertz CT molecular complexity index is 1190. The molecule has 0 unspecified atom stereocenters. The molecule has 6 nitrogen and oxygen atoms in total. The molecule has 32 heavy (non-hydrogen) atoms. The highest BCUT2D eigenvalue weighted by Gasteiger charge is 2.19. The largest absolute Gasteiger partial charge is 0.338 e. The first kappa shape index (κ1) is 21.8. The molecule has 0 aliphatic carbocycles. The van der Waals surface area contributed by atoms with Gasteiger partial charge in [0.25, 0.3) is 5.91 Å². The Labute approximate surface area is 188 Å². The number of hydrazone groups is 1. The summed E-state index contributed by atoms with van der Waals surface area (Å²) in [5, 5.41) is 4.51. The molecule has 1 heterocycles. The number of carbonyl (C=O) groups is 1. The molecule has 164 valence electrons. The molecule has 3 aromatic carbocycles. The quantitative estimate of drug-likeness (QED) is 0.579. The number of sulfone groups is 1. The van der Waals surface area contributed by atoms with E-state index in [0.29, 0.717) is 30.8 Å². The Kier molecular flexibility index (Phi) is 6.66. The van der Waals surface area contributed by atoms with Crippen molar-refractivity contribution in [1.29, 1.82) is 0 Å². The summed E-state index contributed by atoms with van der Waals surface area (Å²) in [5.41, 5.74) is 5.44. The highest BCUT2D eigenvalue weighted by molar-refractivity contribution is 7.91. The fourth-order valence-corrected chi connectivity index (χ4v) is 4.92. The topological polar surface area (TPSA) is 78.8 Å². The van der Waals surface area contributed by atoms with Crippen LogP contribution in [0.3, 0.4) is 0 Å². The van der Waals surface area contributed by atoms with Crippen LogP contribution in [0.25, 0.3) is 0 Å². The smallest absolute Gasteiger partial charge is 0.253 e. The molecular weight excluding hydrogens is 422 g/mol. The molecule has 3 aromatic rings. The summed E-state index contributed by atoms with van der Waals surface area (Å²) >= 11 is 0. The average molecular weight is 448 g/mol. The second-order valence-electron chi connectivity index (χ2n) is 7.64. The van der Waals surface area contributed by atoms with Crippen LogP contribution < -0.4 is 5.43 Å². The van der Waals surface area contributed by atoms with E-state index < -0.39 is 9.84 Å². The zero-order chi connectivity index (χ0) is 22.4. The van der Waals surface area contributed by atoms with Gasteiger partial charge < -0.3 is 4.90 Å². The number of nitrogens with zero attached hydrogens (tertiary/aromatic N) is 2. The number of hydrogen-bond acceptors (Lipinski definition) is 5. The number of nitrogens with one attached hydrogen (secondary N) is 1. The summed E-state index contributed by atoms with van der Waals surface area (Å²) in [7, 11) is -3.53. The number of hydrogen-bond donors (Lipinski definition) is 1. The lowest BCUT2D eigenvalue weighted by Crippen LogP contribution is -2.32. The molecule has 1 aliphatic heterocycles. The maximum atomic E-state index is 12.7. The van der Waals surface area contributed by atoms with Crippen molar-refractivity contribution in [3.8, 4) is 0 Å². The molecule has 0 bridgehead atoms. The lowest BCUT2D eigenvalue weighted by Gasteiger charge is -2.19. The molecule has 4 rings (SSSR count). The minimum absolute atomic E-state index is 0.0509. The predicted molar refractivity (Wildman–Crippen MR) is 126 cm³/mol. The Morgan fingerprint density at radius 1 is 0.781 bits per heavy atom. The second kappa shape index (κ2) is 9.78. The summed E-state index contributed by atoms with van der Waals surface area (Å²) in [6.45, 7) is 1.33. The predicted octanol–water partition coefficient (Wildman–Crippen LogP) is 4.61. The van der Waals surface area contributed by atoms with Gasteiger partial charge in [0.15, 0.2) is 0 Å². The van der Waals surface area contributed by atoms with Crippen LogP contribution in [0.5, 0.6) is 0 Å². The highest BCUT2D eigenvalue weighted by Crippen LogP contribution is 2.22. The van der Waals surface area contributed by atoms with Gasteiger partial charge in [-0.05, 0) is 61.4 Å². The van der Waals surface area contributed by atoms with E-state index in [4.69, 9.17) is 0 Å². The zero-order valence-electron chi connectivity index (χ0n) is 17.6. The van der Waals surface area contributed by atoms with E-state index in [-0.39, 0.29) is 15.7 Å². The van der Waals surface area contributed by atoms with Gasteiger partial charge in [0.1, 0.15) is 0 Å². The van der Waals surface area contributed by atoms with E-state index in [0.717, 1.165) is 18.6 Å². The van der Waals surface area contributed by atoms with Crippen molar-refractivity contribution in [2.24, 2.45) is 5.10 Å². The number of benzene rings is 3. The van der Waals surface area contributed by atoms with Gasteiger partial charge in [0.2, 0.25) is 9.84 Å². The van der Waals surface area contributed by atoms with Gasteiger partial charge in [-0.25, -0.2) is 8.42 Å². The standard InChI is InChI=1S/C25H25N3O3S/c29-25(20-8-3-1-4-9-20)28-18-7-10-21(17-19-28)26-27-22-13-15-24(16-14-22)32(30,31)23-11-5-2-6-12-23/h1-6,8-9,11-16,27H,7,10,17-19H2. The third-order valence-corrected chi connectivity index (χ3v) is 7.22. The van der Waals surface area contributed by atoms with Crippen molar-refractivity contribution in [3.05, 3.63) is 90.5 Å². The number of rotatable bonds is 5. The fraction of sp³-hybridized carbons (Fsp3) is 0.200. The minimum Gasteiger partial charge on any atom is -0.338 e. The average Bonchev–Trinajstić information content (AvgIpc) is 3.09. The minimum atomic E-state index is -3.53. The molecule has 0 spiro atoms. The van der Waals surface area contributed by atoms with Crippen LogP contribution in [0.4, 0.5) is 5.69 Å². The molecule has 1 saturated heterocycles. The van der Waals surface area contributed by atoms with Crippen molar-refractivity contribution in [2.45, 2.75) is 29.1 Å². The third-order valence-electron chi connectivity index (χ3n) is 5.43. The maximum Gasteiger partial charge on any atom is 0.253 e. The van der Waals surface area contributed by atoms with Gasteiger partial charge in [-0.1, -0.05) is 36.4 Å². The van der Waals surface area contributed by atoms with Crippen LogP contribution in [0.2, 0.25) is 0 Å². The van der Waals surface area contributed by atoms with E-state index in [1.54, 1.807) is 54.6 Å². The summed E-state index contributed by atoms with van der Waals surface area (Å²) in [4.78, 5) is 15.1. The highest BCUT2D eigenvalue weighted by atomic mass is 32.2. The summed E-state index contributed by atoms with van der Waals surface area (Å²) < 4.78 is 25.4. The van der Waals surface area contributed by atoms with Gasteiger partial charge in [-0.15, -0.1) is 0 Å². The van der Waals surface area contributed by atoms with Crippen molar-refractivity contribution < 1.29 is 13.2 Å². The summed E-state index contributed by atoms with van der Waals surface area (Å²) in [5.74, 6) is 0.0509. The van der Waals surface area contributed by atoms with Crippen LogP contribution >= 0.6 is 0 Å². The second-order valence-corrected chi connectivity index (χ2v) is 9.59. The normalized spacial score (nSPS) is 15.9. The third kappa shape index (κ3) is 5.06. The van der Waals surface area contributed by atoms with Crippen molar-refractivity contribution in [2.75, 3.05) is 18.5 Å². The fourth-order valence-electron chi connectivity index (χ4n) is 3.64. The summed E-state index contributed by atoms with van der Waals surface area (Å²) in [6.07, 6.45) is 2.37. The van der Waals surface area contributed by atoms with Crippen LogP contribution in [-0.2, 0) is 9.84 Å². The molecule has 0 atom stereocenters. The zero-order valence-corrected chi connectivity index (χ0v) is 18.5. The van der Waals surface area contributed by atoms with Gasteiger partial charge in [0, 0.05) is 30.8 Å². The molecule has 1 N–H and O–H groups in total. The van der Waals surface area contributed by atoms with Gasteiger partial charge in [-0.2, -0.15) is 5.10 Å². The SMILES string of the molecule is O=C(c1ccccc1)N1CCCC(=NNc2ccc(S(=O)(=O)c3ccccc3)cc2)CC1. The molecule has 0 saturated carbocycles.